The van der Waals surface area contributed by atoms with E-state index >= 15 is 0 Å². The van der Waals surface area contributed by atoms with Crippen LogP contribution in [-0.4, -0.2) is 73.8 Å². The highest BCUT2D eigenvalue weighted by molar-refractivity contribution is 7.99. The topological polar surface area (TPSA) is 15.7 Å². The number of hydrogen-bond acceptors (Lipinski definition) is 4. The van der Waals surface area contributed by atoms with Crippen LogP contribution in [0, 0.1) is 17.3 Å². The van der Waals surface area contributed by atoms with E-state index in [0.29, 0.717) is 10.2 Å². The fourth-order valence-electron chi connectivity index (χ4n) is 4.99. The van der Waals surface area contributed by atoms with E-state index in [1.165, 1.54) is 71.1 Å². The molecule has 2 saturated heterocycles. The van der Waals surface area contributed by atoms with Gasteiger partial charge in [0.1, 0.15) is 0 Å². The Labute approximate surface area is 180 Å². The van der Waals surface area contributed by atoms with Crippen molar-refractivity contribution in [2.24, 2.45) is 17.3 Å². The largest absolute Gasteiger partial charge is 0.380 e. The Bertz CT molecular complexity index is 424. The van der Waals surface area contributed by atoms with Gasteiger partial charge < -0.3 is 14.5 Å². The lowest BCUT2D eigenvalue weighted by Gasteiger charge is -2.36. The van der Waals surface area contributed by atoms with Crippen molar-refractivity contribution in [3.63, 3.8) is 0 Å². The summed E-state index contributed by atoms with van der Waals surface area (Å²) in [6, 6.07) is 0. The fraction of sp³-hybridized carbons (Fsp3) is 1.00. The number of rotatable bonds is 11. The molecular formula is C24H48N2OS. The van der Waals surface area contributed by atoms with E-state index in [4.69, 9.17) is 4.74 Å². The van der Waals surface area contributed by atoms with Crippen LogP contribution in [0.5, 0.6) is 0 Å². The smallest absolute Gasteiger partial charge is 0.0593 e. The third kappa shape index (κ3) is 9.36. The zero-order valence-electron chi connectivity index (χ0n) is 19.8. The van der Waals surface area contributed by atoms with Gasteiger partial charge >= 0.3 is 0 Å². The van der Waals surface area contributed by atoms with Crippen LogP contribution in [0.15, 0.2) is 0 Å². The Kier molecular flexibility index (Phi) is 10.1. The van der Waals surface area contributed by atoms with Crippen molar-refractivity contribution in [3.8, 4) is 0 Å². The van der Waals surface area contributed by atoms with Crippen LogP contribution in [0.2, 0.25) is 0 Å². The first-order valence-corrected chi connectivity index (χ1v) is 13.0. The van der Waals surface area contributed by atoms with Crippen LogP contribution in [0.25, 0.3) is 0 Å². The molecule has 0 aromatic rings. The van der Waals surface area contributed by atoms with Crippen molar-refractivity contribution in [1.29, 1.82) is 0 Å². The van der Waals surface area contributed by atoms with Crippen LogP contribution in [0.1, 0.15) is 72.6 Å². The van der Waals surface area contributed by atoms with Crippen molar-refractivity contribution in [3.05, 3.63) is 0 Å². The molecule has 2 heterocycles. The second-order valence-corrected chi connectivity index (χ2v) is 12.4. The Morgan fingerprint density at radius 2 is 1.43 bits per heavy atom. The van der Waals surface area contributed by atoms with Crippen LogP contribution in [-0.2, 0) is 4.74 Å². The lowest BCUT2D eigenvalue weighted by atomic mass is 9.77. The van der Waals surface area contributed by atoms with E-state index in [-0.39, 0.29) is 0 Å². The average Bonchev–Trinajstić information content (AvgIpc) is 2.64. The maximum absolute atomic E-state index is 6.05. The van der Waals surface area contributed by atoms with E-state index in [9.17, 15) is 0 Å². The second kappa shape index (κ2) is 11.6. The summed E-state index contributed by atoms with van der Waals surface area (Å²) in [5.74, 6) is 1.84. The van der Waals surface area contributed by atoms with Crippen molar-refractivity contribution in [1.82, 2.24) is 9.80 Å². The molecule has 0 saturated carbocycles. The van der Waals surface area contributed by atoms with E-state index in [1.807, 2.05) is 11.8 Å². The number of piperidine rings is 2. The van der Waals surface area contributed by atoms with Gasteiger partial charge in [0.05, 0.1) is 6.61 Å². The van der Waals surface area contributed by atoms with Gasteiger partial charge in [-0.3, -0.25) is 0 Å². The molecule has 0 aromatic heterocycles. The summed E-state index contributed by atoms with van der Waals surface area (Å²) in [7, 11) is 2.25. The molecule has 0 N–H and O–H groups in total. The summed E-state index contributed by atoms with van der Waals surface area (Å²) in [5, 5.41) is 0. The molecule has 0 spiro atoms. The Hall–Kier alpha value is 0.230. The Morgan fingerprint density at radius 3 is 2.04 bits per heavy atom. The molecule has 2 aliphatic rings. The highest BCUT2D eigenvalue weighted by Gasteiger charge is 2.27. The van der Waals surface area contributed by atoms with Gasteiger partial charge in [-0.05, 0) is 102 Å². The molecule has 0 bridgehead atoms. The highest BCUT2D eigenvalue weighted by Crippen LogP contribution is 2.34. The monoisotopic (exact) mass is 412 g/mol. The molecule has 4 heteroatoms. The molecule has 0 aromatic carbocycles. The van der Waals surface area contributed by atoms with Gasteiger partial charge in [-0.25, -0.2) is 0 Å². The third-order valence-corrected chi connectivity index (χ3v) is 8.47. The standard InChI is InChI=1S/C24H48N2OS/c1-23(2,19-21-7-12-25(5)13-8-21)11-17-27-18-16-26-14-9-22(10-15-26)20-24(3,4)28-6/h21-22H,7-20H2,1-6H3. The molecule has 0 aliphatic carbocycles. The first-order chi connectivity index (χ1) is 13.2. The van der Waals surface area contributed by atoms with Gasteiger partial charge in [-0.15, -0.1) is 0 Å². The first-order valence-electron chi connectivity index (χ1n) is 11.7. The normalized spacial score (nSPS) is 22.1. The summed E-state index contributed by atoms with van der Waals surface area (Å²) < 4.78 is 6.49. The zero-order valence-corrected chi connectivity index (χ0v) is 20.6. The summed E-state index contributed by atoms with van der Waals surface area (Å²) in [4.78, 5) is 5.09. The number of thioether (sulfide) groups is 1. The number of hydrogen-bond donors (Lipinski definition) is 0. The minimum Gasteiger partial charge on any atom is -0.380 e. The van der Waals surface area contributed by atoms with Crippen molar-refractivity contribution >= 4 is 11.8 Å². The van der Waals surface area contributed by atoms with Gasteiger partial charge in [-0.1, -0.05) is 27.7 Å². The first kappa shape index (κ1) is 24.5. The van der Waals surface area contributed by atoms with E-state index in [1.54, 1.807) is 0 Å². The average molecular weight is 413 g/mol. The molecule has 166 valence electrons. The van der Waals surface area contributed by atoms with Gasteiger partial charge in [-0.2, -0.15) is 11.8 Å². The van der Waals surface area contributed by atoms with E-state index in [0.717, 1.165) is 31.6 Å². The SMILES string of the molecule is CSC(C)(C)CC1CCN(CCOCCC(C)(C)CC2CCN(C)CC2)CC1. The quantitative estimate of drug-likeness (QED) is 0.422. The summed E-state index contributed by atoms with van der Waals surface area (Å²) >= 11 is 2.02. The number of nitrogens with zero attached hydrogens (tertiary/aromatic N) is 2. The van der Waals surface area contributed by atoms with Crippen LogP contribution in [0.3, 0.4) is 0 Å². The molecule has 2 fully saturated rings. The lowest BCUT2D eigenvalue weighted by Crippen LogP contribution is -2.37. The van der Waals surface area contributed by atoms with Crippen molar-refractivity contribution in [2.75, 3.05) is 59.2 Å². The summed E-state index contributed by atoms with van der Waals surface area (Å²) in [5.41, 5.74) is 0.420. The molecule has 3 nitrogen and oxygen atoms in total. The summed E-state index contributed by atoms with van der Waals surface area (Å²) in [6.45, 7) is 17.7. The minimum absolute atomic E-state index is 0.420. The predicted octanol–water partition coefficient (Wildman–Crippen LogP) is 5.39. The summed E-state index contributed by atoms with van der Waals surface area (Å²) in [6.07, 6.45) is 11.7. The maximum Gasteiger partial charge on any atom is 0.0593 e. The predicted molar refractivity (Wildman–Crippen MR) is 125 cm³/mol. The fourth-order valence-corrected chi connectivity index (χ4v) is 5.39. The molecule has 28 heavy (non-hydrogen) atoms. The third-order valence-electron chi connectivity index (χ3n) is 7.19. The highest BCUT2D eigenvalue weighted by atomic mass is 32.2. The molecule has 2 aliphatic heterocycles. The zero-order chi connectivity index (χ0) is 20.6. The number of ether oxygens (including phenoxy) is 1. The maximum atomic E-state index is 6.05. The van der Waals surface area contributed by atoms with Gasteiger partial charge in [0, 0.05) is 17.9 Å². The number of likely N-dealkylation sites (tertiary alicyclic amines) is 2. The molecule has 0 radical (unpaired) electrons. The van der Waals surface area contributed by atoms with Gasteiger partial charge in [0.25, 0.3) is 0 Å². The molecule has 2 rings (SSSR count). The minimum atomic E-state index is 0.420. The van der Waals surface area contributed by atoms with Crippen molar-refractivity contribution < 1.29 is 4.74 Å². The second-order valence-electron chi connectivity index (χ2n) is 10.9. The van der Waals surface area contributed by atoms with Crippen LogP contribution in [0.4, 0.5) is 0 Å². The molecule has 0 unspecified atom stereocenters. The lowest BCUT2D eigenvalue weighted by molar-refractivity contribution is 0.0628. The van der Waals surface area contributed by atoms with Crippen molar-refractivity contribution in [2.45, 2.75) is 77.4 Å². The van der Waals surface area contributed by atoms with Gasteiger partial charge in [0.2, 0.25) is 0 Å². The Morgan fingerprint density at radius 1 is 0.857 bits per heavy atom. The molecule has 0 amide bonds. The van der Waals surface area contributed by atoms with Gasteiger partial charge in [0.15, 0.2) is 0 Å². The molecule has 0 atom stereocenters. The Balaban J connectivity index is 1.52. The molecular weight excluding hydrogens is 364 g/mol. The van der Waals surface area contributed by atoms with E-state index in [2.05, 4.69) is 50.8 Å². The van der Waals surface area contributed by atoms with Crippen LogP contribution >= 0.6 is 11.8 Å². The van der Waals surface area contributed by atoms with Crippen LogP contribution < -0.4 is 0 Å². The van der Waals surface area contributed by atoms with E-state index < -0.39 is 0 Å².